The Bertz CT molecular complexity index is 586. The SMILES string of the molecule is O=C(O)C(Cc1ccccc1)Nc1ccc(B(O)O)cc1. The summed E-state index contributed by atoms with van der Waals surface area (Å²) in [4.78, 5) is 11.3. The highest BCUT2D eigenvalue weighted by Crippen LogP contribution is 2.11. The average Bonchev–Trinajstić information content (AvgIpc) is 2.48. The molecule has 0 aliphatic heterocycles. The van der Waals surface area contributed by atoms with Crippen molar-refractivity contribution >= 4 is 24.2 Å². The van der Waals surface area contributed by atoms with Gasteiger partial charge >= 0.3 is 13.1 Å². The number of carbonyl (C=O) groups is 1. The third-order valence-corrected chi connectivity index (χ3v) is 3.13. The van der Waals surface area contributed by atoms with Gasteiger partial charge in [0.25, 0.3) is 0 Å². The molecule has 0 bridgehead atoms. The van der Waals surface area contributed by atoms with Gasteiger partial charge in [-0.05, 0) is 23.2 Å². The fraction of sp³-hybridized carbons (Fsp3) is 0.133. The summed E-state index contributed by atoms with van der Waals surface area (Å²) >= 11 is 0. The first-order valence-electron chi connectivity index (χ1n) is 6.55. The summed E-state index contributed by atoms with van der Waals surface area (Å²) in [6.45, 7) is 0. The first kappa shape index (κ1) is 15.1. The molecule has 0 saturated carbocycles. The molecular formula is C15H16BNO4. The number of rotatable bonds is 6. The van der Waals surface area contributed by atoms with Crippen molar-refractivity contribution in [1.82, 2.24) is 0 Å². The smallest absolute Gasteiger partial charge is 0.480 e. The molecule has 0 saturated heterocycles. The molecule has 108 valence electrons. The first-order valence-corrected chi connectivity index (χ1v) is 6.55. The lowest BCUT2D eigenvalue weighted by Crippen LogP contribution is -2.32. The van der Waals surface area contributed by atoms with Gasteiger partial charge in [-0.2, -0.15) is 0 Å². The van der Waals surface area contributed by atoms with Gasteiger partial charge in [0.2, 0.25) is 0 Å². The third-order valence-electron chi connectivity index (χ3n) is 3.13. The van der Waals surface area contributed by atoms with Gasteiger partial charge in [-0.15, -0.1) is 0 Å². The summed E-state index contributed by atoms with van der Waals surface area (Å²) in [5, 5.41) is 30.3. The van der Waals surface area contributed by atoms with Crippen molar-refractivity contribution in [2.24, 2.45) is 0 Å². The normalized spacial score (nSPS) is 11.7. The first-order chi connectivity index (χ1) is 10.1. The number of aliphatic carboxylic acids is 1. The predicted molar refractivity (Wildman–Crippen MR) is 81.5 cm³/mol. The average molecular weight is 285 g/mol. The molecule has 6 heteroatoms. The van der Waals surface area contributed by atoms with Crippen molar-refractivity contribution in [3.63, 3.8) is 0 Å². The molecule has 21 heavy (non-hydrogen) atoms. The highest BCUT2D eigenvalue weighted by atomic mass is 16.4. The van der Waals surface area contributed by atoms with Crippen LogP contribution in [0, 0.1) is 0 Å². The maximum Gasteiger partial charge on any atom is 0.488 e. The Morgan fingerprint density at radius 1 is 1.05 bits per heavy atom. The van der Waals surface area contributed by atoms with E-state index in [-0.39, 0.29) is 0 Å². The lowest BCUT2D eigenvalue weighted by molar-refractivity contribution is -0.137. The lowest BCUT2D eigenvalue weighted by atomic mass is 9.80. The van der Waals surface area contributed by atoms with Crippen LogP contribution in [0.25, 0.3) is 0 Å². The van der Waals surface area contributed by atoms with E-state index in [1.165, 1.54) is 12.1 Å². The van der Waals surface area contributed by atoms with Crippen LogP contribution in [-0.2, 0) is 11.2 Å². The van der Waals surface area contributed by atoms with Crippen LogP contribution in [0.2, 0.25) is 0 Å². The van der Waals surface area contributed by atoms with Gasteiger partial charge in [0.05, 0.1) is 0 Å². The second-order valence-electron chi connectivity index (χ2n) is 4.72. The quantitative estimate of drug-likeness (QED) is 0.579. The van der Waals surface area contributed by atoms with Gasteiger partial charge in [-0.25, -0.2) is 4.79 Å². The Hall–Kier alpha value is -2.31. The number of hydrogen-bond donors (Lipinski definition) is 4. The van der Waals surface area contributed by atoms with Gasteiger partial charge in [0.15, 0.2) is 0 Å². The Morgan fingerprint density at radius 2 is 1.67 bits per heavy atom. The fourth-order valence-corrected chi connectivity index (χ4v) is 2.00. The minimum atomic E-state index is -1.53. The monoisotopic (exact) mass is 285 g/mol. The third kappa shape index (κ3) is 4.34. The van der Waals surface area contributed by atoms with Gasteiger partial charge in [0.1, 0.15) is 6.04 Å². The molecule has 0 aliphatic rings. The summed E-state index contributed by atoms with van der Waals surface area (Å²) in [5.41, 5.74) is 1.90. The van der Waals surface area contributed by atoms with Crippen molar-refractivity contribution in [2.45, 2.75) is 12.5 Å². The molecule has 0 amide bonds. The van der Waals surface area contributed by atoms with E-state index in [1.807, 2.05) is 30.3 Å². The summed E-state index contributed by atoms with van der Waals surface area (Å²) < 4.78 is 0. The molecule has 0 spiro atoms. The molecule has 0 fully saturated rings. The molecule has 4 N–H and O–H groups in total. The molecule has 1 atom stereocenters. The maximum absolute atomic E-state index is 11.3. The van der Waals surface area contributed by atoms with Crippen LogP contribution in [0.3, 0.4) is 0 Å². The lowest BCUT2D eigenvalue weighted by Gasteiger charge is -2.16. The zero-order valence-electron chi connectivity index (χ0n) is 11.3. The number of nitrogens with one attached hydrogen (secondary N) is 1. The van der Waals surface area contributed by atoms with Crippen molar-refractivity contribution < 1.29 is 19.9 Å². The van der Waals surface area contributed by atoms with E-state index in [9.17, 15) is 9.90 Å². The zero-order valence-corrected chi connectivity index (χ0v) is 11.3. The van der Waals surface area contributed by atoms with E-state index in [4.69, 9.17) is 10.0 Å². The van der Waals surface area contributed by atoms with Crippen LogP contribution in [0.4, 0.5) is 5.69 Å². The van der Waals surface area contributed by atoms with E-state index in [2.05, 4.69) is 5.32 Å². The van der Waals surface area contributed by atoms with Crippen LogP contribution in [0.5, 0.6) is 0 Å². The molecule has 1 unspecified atom stereocenters. The van der Waals surface area contributed by atoms with Crippen molar-refractivity contribution in [3.8, 4) is 0 Å². The van der Waals surface area contributed by atoms with E-state index in [0.717, 1.165) is 5.56 Å². The van der Waals surface area contributed by atoms with Gasteiger partial charge < -0.3 is 20.5 Å². The summed E-state index contributed by atoms with van der Waals surface area (Å²) in [5.74, 6) is -0.940. The highest BCUT2D eigenvalue weighted by molar-refractivity contribution is 6.58. The molecule has 0 radical (unpaired) electrons. The van der Waals surface area contributed by atoms with Crippen LogP contribution < -0.4 is 10.8 Å². The molecule has 0 heterocycles. The number of carboxylic acid groups (broad SMARTS) is 1. The number of anilines is 1. The molecule has 0 aliphatic carbocycles. The van der Waals surface area contributed by atoms with Crippen LogP contribution in [0.1, 0.15) is 5.56 Å². The van der Waals surface area contributed by atoms with E-state index in [1.54, 1.807) is 12.1 Å². The fourth-order valence-electron chi connectivity index (χ4n) is 2.00. The van der Waals surface area contributed by atoms with Gasteiger partial charge in [0, 0.05) is 12.1 Å². The highest BCUT2D eigenvalue weighted by Gasteiger charge is 2.18. The Kier molecular flexibility index (Phi) is 4.97. The second kappa shape index (κ2) is 6.92. The predicted octanol–water partition coefficient (Wildman–Crippen LogP) is 0.474. The Morgan fingerprint density at radius 3 is 2.19 bits per heavy atom. The van der Waals surface area contributed by atoms with Crippen molar-refractivity contribution in [3.05, 3.63) is 60.2 Å². The number of hydrogen-bond acceptors (Lipinski definition) is 4. The van der Waals surface area contributed by atoms with E-state index < -0.39 is 19.1 Å². The van der Waals surface area contributed by atoms with Gasteiger partial charge in [-0.3, -0.25) is 0 Å². The minimum absolute atomic E-state index is 0.357. The second-order valence-corrected chi connectivity index (χ2v) is 4.72. The summed E-state index contributed by atoms with van der Waals surface area (Å²) in [6.07, 6.45) is 0.362. The summed E-state index contributed by atoms with van der Waals surface area (Å²) in [7, 11) is -1.53. The van der Waals surface area contributed by atoms with Crippen LogP contribution in [-0.4, -0.2) is 34.3 Å². The maximum atomic E-state index is 11.3. The zero-order chi connectivity index (χ0) is 15.2. The molecule has 0 aromatic heterocycles. The van der Waals surface area contributed by atoms with Crippen molar-refractivity contribution in [2.75, 3.05) is 5.32 Å². The standard InChI is InChI=1S/C15H16BNO4/c18-15(19)14(10-11-4-2-1-3-5-11)17-13-8-6-12(7-9-13)16(20)21/h1-9,14,17,20-21H,10H2,(H,18,19). The van der Waals surface area contributed by atoms with E-state index >= 15 is 0 Å². The van der Waals surface area contributed by atoms with Gasteiger partial charge in [-0.1, -0.05) is 42.5 Å². The largest absolute Gasteiger partial charge is 0.488 e. The molecule has 2 aromatic rings. The van der Waals surface area contributed by atoms with Crippen LogP contribution >= 0.6 is 0 Å². The molecular weight excluding hydrogens is 269 g/mol. The molecule has 2 aromatic carbocycles. The Labute approximate surface area is 123 Å². The van der Waals surface area contributed by atoms with Crippen LogP contribution in [0.15, 0.2) is 54.6 Å². The molecule has 2 rings (SSSR count). The molecule has 5 nitrogen and oxygen atoms in total. The minimum Gasteiger partial charge on any atom is -0.480 e. The van der Waals surface area contributed by atoms with E-state index in [0.29, 0.717) is 17.6 Å². The topological polar surface area (TPSA) is 89.8 Å². The summed E-state index contributed by atoms with van der Waals surface area (Å²) in [6, 6.07) is 14.9. The van der Waals surface area contributed by atoms with Crippen molar-refractivity contribution in [1.29, 1.82) is 0 Å². The number of carboxylic acids is 1. The number of benzene rings is 2. The Balaban J connectivity index is 2.07.